The molecule has 6 aliphatic rings. The van der Waals surface area contributed by atoms with Crippen LogP contribution in [0.25, 0.3) is 0 Å². The van der Waals surface area contributed by atoms with Crippen LogP contribution in [0.4, 0.5) is 4.79 Å². The third-order valence-electron chi connectivity index (χ3n) is 7.93. The molecule has 0 aromatic heterocycles. The zero-order valence-corrected chi connectivity index (χ0v) is 16.6. The number of piperidine rings is 1. The highest BCUT2D eigenvalue weighted by Crippen LogP contribution is 2.55. The molecule has 0 unspecified atom stereocenters. The Morgan fingerprint density at radius 3 is 2.00 bits per heavy atom. The van der Waals surface area contributed by atoms with Gasteiger partial charge in [0.2, 0.25) is 0 Å². The van der Waals surface area contributed by atoms with Crippen LogP contribution in [0.3, 0.4) is 0 Å². The Hall–Kier alpha value is -1.04. The molecule has 6 fully saturated rings. The number of amides is 2. The monoisotopic (exact) mass is 376 g/mol. The number of hydrogen-bond donors (Lipinski definition) is 3. The maximum Gasteiger partial charge on any atom is 0.315 e. The molecule has 2 heterocycles. The molecule has 144 valence electrons. The van der Waals surface area contributed by atoms with Crippen molar-refractivity contribution in [3.05, 3.63) is 0 Å². The van der Waals surface area contributed by atoms with Crippen LogP contribution in [-0.4, -0.2) is 46.8 Å². The van der Waals surface area contributed by atoms with Gasteiger partial charge in [0.25, 0.3) is 0 Å². The van der Waals surface area contributed by atoms with Gasteiger partial charge in [0, 0.05) is 30.7 Å². The summed E-state index contributed by atoms with van der Waals surface area (Å²) in [6, 6.07) is 1.34. The lowest BCUT2D eigenvalue weighted by molar-refractivity contribution is -0.0138. The summed E-state index contributed by atoms with van der Waals surface area (Å²) in [6.45, 7) is 0. The van der Waals surface area contributed by atoms with Crippen LogP contribution in [0.15, 0.2) is 0 Å². The number of carbonyl (C=O) groups excluding carboxylic acids is 1. The molecule has 26 heavy (non-hydrogen) atoms. The number of hydrogen-bond acceptors (Lipinski definition) is 2. The molecule has 0 aromatic carbocycles. The predicted octanol–water partition coefficient (Wildman–Crippen LogP) is 2.75. The summed E-state index contributed by atoms with van der Waals surface area (Å²) in [5.74, 6) is 2.59. The van der Waals surface area contributed by atoms with Crippen molar-refractivity contribution in [2.75, 3.05) is 7.05 Å². The summed E-state index contributed by atoms with van der Waals surface area (Å²) in [6.07, 6.45) is 12.3. The van der Waals surface area contributed by atoms with Gasteiger partial charge in [-0.3, -0.25) is 0 Å². The second-order valence-corrected chi connectivity index (χ2v) is 10.2. The maximum atomic E-state index is 12.8. The van der Waals surface area contributed by atoms with Gasteiger partial charge in [-0.2, -0.15) is 0 Å². The molecular weight excluding hydrogens is 344 g/mol. The summed E-state index contributed by atoms with van der Waals surface area (Å²) in [5, 5.41) is 10.8. The number of fused-ring (bicyclic) bond motifs is 2. The summed E-state index contributed by atoms with van der Waals surface area (Å²) in [4.78, 5) is 15.2. The van der Waals surface area contributed by atoms with Crippen LogP contribution in [0.1, 0.15) is 64.2 Å². The van der Waals surface area contributed by atoms with E-state index >= 15 is 0 Å². The Morgan fingerprint density at radius 1 is 0.962 bits per heavy atom. The van der Waals surface area contributed by atoms with E-state index < -0.39 is 0 Å². The molecule has 3 N–H and O–H groups in total. The summed E-state index contributed by atoms with van der Waals surface area (Å²) in [5.41, 5.74) is 0.103. The molecule has 0 aromatic rings. The van der Waals surface area contributed by atoms with Gasteiger partial charge in [0.1, 0.15) is 0 Å². The van der Waals surface area contributed by atoms with Crippen molar-refractivity contribution in [3.8, 4) is 0 Å². The van der Waals surface area contributed by atoms with Crippen LogP contribution in [0.5, 0.6) is 0 Å². The second-order valence-electron chi connectivity index (χ2n) is 9.81. The zero-order chi connectivity index (χ0) is 17.9. The molecule has 5 nitrogen and oxygen atoms in total. The van der Waals surface area contributed by atoms with Gasteiger partial charge < -0.3 is 20.9 Å². The average molecular weight is 377 g/mol. The van der Waals surface area contributed by atoms with E-state index in [2.05, 4.69) is 20.9 Å². The lowest BCUT2D eigenvalue weighted by atomic mass is 9.53. The highest BCUT2D eigenvalue weighted by atomic mass is 32.1. The third kappa shape index (κ3) is 2.88. The quantitative estimate of drug-likeness (QED) is 0.649. The minimum atomic E-state index is 0.0843. The number of carbonyl (C=O) groups is 1. The van der Waals surface area contributed by atoms with Gasteiger partial charge >= 0.3 is 6.03 Å². The van der Waals surface area contributed by atoms with Crippen molar-refractivity contribution in [1.82, 2.24) is 20.9 Å². The van der Waals surface area contributed by atoms with Crippen molar-refractivity contribution in [2.45, 2.75) is 87.9 Å². The van der Waals surface area contributed by atoms with Gasteiger partial charge in [-0.25, -0.2) is 4.79 Å². The van der Waals surface area contributed by atoms with E-state index in [1.807, 2.05) is 7.05 Å². The van der Waals surface area contributed by atoms with Gasteiger partial charge in [-0.1, -0.05) is 0 Å². The maximum absolute atomic E-state index is 12.8. The fourth-order valence-electron chi connectivity index (χ4n) is 7.48. The molecule has 6 rings (SSSR count). The van der Waals surface area contributed by atoms with E-state index in [9.17, 15) is 4.79 Å². The Labute approximate surface area is 162 Å². The Morgan fingerprint density at radius 2 is 1.50 bits per heavy atom. The van der Waals surface area contributed by atoms with Crippen LogP contribution < -0.4 is 16.0 Å². The number of nitrogens with zero attached hydrogens (tertiary/aromatic N) is 1. The molecule has 4 aliphatic carbocycles. The van der Waals surface area contributed by atoms with Crippen molar-refractivity contribution < 1.29 is 4.79 Å². The lowest BCUT2D eigenvalue weighted by Crippen LogP contribution is -2.63. The molecule has 2 aliphatic heterocycles. The number of rotatable bonds is 2. The summed E-state index contributed by atoms with van der Waals surface area (Å²) < 4.78 is 0. The lowest BCUT2D eigenvalue weighted by Gasteiger charge is -2.56. The SMILES string of the molecule is CNC(=S)N1[C@H]2CC[C@H]1CC(NC(=O)NC13CC4CC(CC(C4)C1)C3)C2. The fourth-order valence-corrected chi connectivity index (χ4v) is 7.78. The molecule has 4 saturated carbocycles. The third-order valence-corrected chi connectivity index (χ3v) is 8.35. The predicted molar refractivity (Wildman–Crippen MR) is 106 cm³/mol. The van der Waals surface area contributed by atoms with E-state index in [4.69, 9.17) is 12.2 Å². The highest BCUT2D eigenvalue weighted by Gasteiger charge is 2.52. The number of urea groups is 1. The van der Waals surface area contributed by atoms with E-state index in [1.165, 1.54) is 51.4 Å². The number of thiocarbonyl (C=S) groups is 1. The summed E-state index contributed by atoms with van der Waals surface area (Å²) >= 11 is 5.48. The first kappa shape index (κ1) is 17.1. The normalized spacial score (nSPS) is 45.5. The highest BCUT2D eigenvalue weighted by molar-refractivity contribution is 7.80. The Kier molecular flexibility index (Phi) is 4.11. The van der Waals surface area contributed by atoms with Crippen molar-refractivity contribution in [1.29, 1.82) is 0 Å². The van der Waals surface area contributed by atoms with Crippen molar-refractivity contribution in [3.63, 3.8) is 0 Å². The van der Waals surface area contributed by atoms with Crippen molar-refractivity contribution >= 4 is 23.4 Å². The van der Waals surface area contributed by atoms with Crippen LogP contribution in [-0.2, 0) is 0 Å². The topological polar surface area (TPSA) is 56.4 Å². The van der Waals surface area contributed by atoms with E-state index in [0.29, 0.717) is 12.1 Å². The fraction of sp³-hybridized carbons (Fsp3) is 0.900. The minimum absolute atomic E-state index is 0.0843. The van der Waals surface area contributed by atoms with Gasteiger partial charge in [0.05, 0.1) is 0 Å². The van der Waals surface area contributed by atoms with Crippen LogP contribution in [0, 0.1) is 17.8 Å². The smallest absolute Gasteiger partial charge is 0.315 e. The Bertz CT molecular complexity index is 559. The molecule has 0 radical (unpaired) electrons. The standard InChI is InChI=1S/C20H32N4OS/c1-21-19(26)24-16-2-3-17(24)8-15(7-16)22-18(25)23-20-9-12-4-13(10-20)6-14(5-12)11-20/h12-17H,2-11H2,1H3,(H,21,26)(H2,22,23,25)/t12?,13?,14?,16-,17-,20?/m0/s1. The van der Waals surface area contributed by atoms with E-state index in [0.717, 1.165) is 35.7 Å². The average Bonchev–Trinajstić information content (AvgIpc) is 2.83. The summed E-state index contributed by atoms with van der Waals surface area (Å²) in [7, 11) is 1.91. The van der Waals surface area contributed by atoms with E-state index in [-0.39, 0.29) is 17.6 Å². The van der Waals surface area contributed by atoms with E-state index in [1.54, 1.807) is 0 Å². The zero-order valence-electron chi connectivity index (χ0n) is 15.8. The molecular formula is C20H32N4OS. The molecule has 0 spiro atoms. The second kappa shape index (κ2) is 6.25. The van der Waals surface area contributed by atoms with Gasteiger partial charge in [0.15, 0.2) is 5.11 Å². The molecule has 2 saturated heterocycles. The molecule has 6 heteroatoms. The first-order valence-electron chi connectivity index (χ1n) is 10.6. The Balaban J connectivity index is 1.19. The first-order valence-corrected chi connectivity index (χ1v) is 11.0. The number of nitrogens with one attached hydrogen (secondary N) is 3. The van der Waals surface area contributed by atoms with Crippen LogP contribution in [0.2, 0.25) is 0 Å². The van der Waals surface area contributed by atoms with Crippen LogP contribution >= 0.6 is 12.2 Å². The van der Waals surface area contributed by atoms with Gasteiger partial charge in [-0.15, -0.1) is 0 Å². The largest absolute Gasteiger partial charge is 0.366 e. The molecule has 2 atom stereocenters. The molecule has 2 amide bonds. The molecule has 6 bridgehead atoms. The van der Waals surface area contributed by atoms with Gasteiger partial charge in [-0.05, 0) is 94.2 Å². The minimum Gasteiger partial charge on any atom is -0.366 e. The first-order chi connectivity index (χ1) is 12.5. The van der Waals surface area contributed by atoms with Crippen molar-refractivity contribution in [2.24, 2.45) is 17.8 Å².